The number of hydrogen-bond acceptors (Lipinski definition) is 2. The minimum atomic E-state index is 1.14. The highest BCUT2D eigenvalue weighted by atomic mass is 15.6. The lowest BCUT2D eigenvalue weighted by Gasteiger charge is -2.37. The predicted octanol–water partition coefficient (Wildman–Crippen LogP) is 2.49. The second-order valence-corrected chi connectivity index (χ2v) is 2.95. The van der Waals surface area contributed by atoms with Crippen molar-refractivity contribution in [2.45, 2.75) is 33.6 Å². The molecule has 0 amide bonds. The Morgan fingerprint density at radius 1 is 1.17 bits per heavy atom. The van der Waals surface area contributed by atoms with Gasteiger partial charge in [0.2, 0.25) is 0 Å². The molecule has 0 unspecified atom stereocenters. The van der Waals surface area contributed by atoms with Crippen molar-refractivity contribution in [2.24, 2.45) is 0 Å². The molecule has 2 nitrogen and oxygen atoms in total. The van der Waals surface area contributed by atoms with Gasteiger partial charge in [0.1, 0.15) is 0 Å². The molecule has 1 saturated heterocycles. The van der Waals surface area contributed by atoms with Gasteiger partial charge in [-0.3, -0.25) is 0 Å². The Bertz CT molecular complexity index is 132. The monoisotopic (exact) mass is 170 g/mol. The fourth-order valence-electron chi connectivity index (χ4n) is 1.38. The quantitative estimate of drug-likeness (QED) is 0.596. The van der Waals surface area contributed by atoms with E-state index in [2.05, 4.69) is 30.6 Å². The lowest BCUT2D eigenvalue weighted by atomic mass is 10.2. The van der Waals surface area contributed by atoms with Crippen LogP contribution in [0.25, 0.3) is 0 Å². The molecule has 0 saturated carbocycles. The van der Waals surface area contributed by atoms with Crippen LogP contribution in [-0.4, -0.2) is 30.2 Å². The summed E-state index contributed by atoms with van der Waals surface area (Å²) >= 11 is 0. The van der Waals surface area contributed by atoms with Gasteiger partial charge in [-0.15, -0.1) is 0 Å². The molecule has 1 fully saturated rings. The largest absolute Gasteiger partial charge is 0.311 e. The smallest absolute Gasteiger partial charge is 0.0343 e. The third-order valence-electron chi connectivity index (χ3n) is 1.95. The first-order valence-electron chi connectivity index (χ1n) is 4.86. The Balaban J connectivity index is 0.000000561. The first-order chi connectivity index (χ1) is 5.72. The fourth-order valence-corrected chi connectivity index (χ4v) is 1.38. The fraction of sp³-hybridized carbons (Fsp3) is 0.800. The first kappa shape index (κ1) is 11.5. The molecule has 1 rings (SSSR count). The Morgan fingerprint density at radius 3 is 2.00 bits per heavy atom. The standard InChI is InChI=1S/C8H16N2.C2H6/c1-8(2)10-7-5-4-6-9(10)3;1-2/h1,4-7H2,2-3H3;1-2H3. The van der Waals surface area contributed by atoms with Gasteiger partial charge < -0.3 is 5.01 Å². The molecule has 1 aliphatic heterocycles. The van der Waals surface area contributed by atoms with Gasteiger partial charge in [-0.1, -0.05) is 20.4 Å². The molecule has 72 valence electrons. The summed E-state index contributed by atoms with van der Waals surface area (Å²) in [4.78, 5) is 0. The maximum absolute atomic E-state index is 3.91. The van der Waals surface area contributed by atoms with Crippen molar-refractivity contribution >= 4 is 0 Å². The van der Waals surface area contributed by atoms with E-state index in [4.69, 9.17) is 0 Å². The number of rotatable bonds is 1. The molecule has 2 heteroatoms. The van der Waals surface area contributed by atoms with Gasteiger partial charge >= 0.3 is 0 Å². The SMILES string of the molecule is C=C(C)N1CCCCN1C.CC. The van der Waals surface area contributed by atoms with Crippen molar-refractivity contribution in [3.8, 4) is 0 Å². The molecular formula is C10H22N2. The lowest BCUT2D eigenvalue weighted by Crippen LogP contribution is -2.42. The van der Waals surface area contributed by atoms with Crippen molar-refractivity contribution in [1.82, 2.24) is 10.0 Å². The van der Waals surface area contributed by atoms with Crippen molar-refractivity contribution in [3.05, 3.63) is 12.3 Å². The summed E-state index contributed by atoms with van der Waals surface area (Å²) < 4.78 is 0. The van der Waals surface area contributed by atoms with Crippen LogP contribution in [0, 0.1) is 0 Å². The van der Waals surface area contributed by atoms with E-state index in [1.54, 1.807) is 0 Å². The van der Waals surface area contributed by atoms with E-state index in [9.17, 15) is 0 Å². The average Bonchev–Trinajstić information content (AvgIpc) is 2.08. The zero-order valence-electron chi connectivity index (χ0n) is 8.93. The predicted molar refractivity (Wildman–Crippen MR) is 54.7 cm³/mol. The molecule has 0 aromatic carbocycles. The molecule has 0 aromatic heterocycles. The van der Waals surface area contributed by atoms with Crippen LogP contribution >= 0.6 is 0 Å². The Kier molecular flexibility index (Phi) is 5.81. The zero-order chi connectivity index (χ0) is 9.56. The highest BCUT2D eigenvalue weighted by molar-refractivity contribution is 4.87. The first-order valence-corrected chi connectivity index (χ1v) is 4.86. The summed E-state index contributed by atoms with van der Waals surface area (Å²) in [6.45, 7) is 12.3. The Morgan fingerprint density at radius 2 is 1.67 bits per heavy atom. The van der Waals surface area contributed by atoms with Crippen LogP contribution in [0.2, 0.25) is 0 Å². The minimum Gasteiger partial charge on any atom is -0.311 e. The maximum atomic E-state index is 3.91. The molecule has 0 spiro atoms. The van der Waals surface area contributed by atoms with Gasteiger partial charge in [0.25, 0.3) is 0 Å². The molecule has 0 bridgehead atoms. The topological polar surface area (TPSA) is 6.48 Å². The van der Waals surface area contributed by atoms with Gasteiger partial charge in [0, 0.05) is 25.8 Å². The average molecular weight is 170 g/mol. The molecule has 0 atom stereocenters. The van der Waals surface area contributed by atoms with Crippen LogP contribution in [0.15, 0.2) is 12.3 Å². The molecular weight excluding hydrogens is 148 g/mol. The molecule has 1 heterocycles. The van der Waals surface area contributed by atoms with Crippen LogP contribution in [0.1, 0.15) is 33.6 Å². The van der Waals surface area contributed by atoms with E-state index >= 15 is 0 Å². The van der Waals surface area contributed by atoms with Crippen LogP contribution < -0.4 is 0 Å². The highest BCUT2D eigenvalue weighted by Crippen LogP contribution is 2.12. The zero-order valence-corrected chi connectivity index (χ0v) is 8.93. The summed E-state index contributed by atoms with van der Waals surface area (Å²) in [5.41, 5.74) is 1.15. The Hall–Kier alpha value is -0.500. The molecule has 0 aromatic rings. The molecule has 0 aliphatic carbocycles. The third kappa shape index (κ3) is 3.26. The maximum Gasteiger partial charge on any atom is 0.0343 e. The van der Waals surface area contributed by atoms with E-state index in [0.29, 0.717) is 0 Å². The van der Waals surface area contributed by atoms with Gasteiger partial charge in [-0.2, -0.15) is 0 Å². The van der Waals surface area contributed by atoms with Crippen LogP contribution in [0.4, 0.5) is 0 Å². The van der Waals surface area contributed by atoms with Crippen LogP contribution in [0.3, 0.4) is 0 Å². The minimum absolute atomic E-state index is 1.14. The summed E-state index contributed by atoms with van der Waals surface area (Å²) in [6, 6.07) is 0. The third-order valence-corrected chi connectivity index (χ3v) is 1.95. The summed E-state index contributed by atoms with van der Waals surface area (Å²) in [7, 11) is 2.12. The Labute approximate surface area is 76.8 Å². The second kappa shape index (κ2) is 6.06. The molecule has 1 aliphatic rings. The summed E-state index contributed by atoms with van der Waals surface area (Å²) in [5.74, 6) is 0. The summed E-state index contributed by atoms with van der Waals surface area (Å²) in [5, 5.41) is 4.48. The number of hydrogen-bond donors (Lipinski definition) is 0. The molecule has 12 heavy (non-hydrogen) atoms. The normalized spacial score (nSPS) is 18.2. The van der Waals surface area contributed by atoms with Crippen molar-refractivity contribution in [3.63, 3.8) is 0 Å². The van der Waals surface area contributed by atoms with Crippen molar-refractivity contribution < 1.29 is 0 Å². The van der Waals surface area contributed by atoms with Crippen molar-refractivity contribution in [2.75, 3.05) is 20.1 Å². The molecule has 0 N–H and O–H groups in total. The van der Waals surface area contributed by atoms with E-state index in [1.165, 1.54) is 19.4 Å². The van der Waals surface area contributed by atoms with E-state index < -0.39 is 0 Å². The van der Waals surface area contributed by atoms with Gasteiger partial charge in [-0.05, 0) is 19.8 Å². The van der Waals surface area contributed by atoms with Gasteiger partial charge in [0.15, 0.2) is 0 Å². The van der Waals surface area contributed by atoms with Gasteiger partial charge in [-0.25, -0.2) is 5.01 Å². The van der Waals surface area contributed by atoms with E-state index in [0.717, 1.165) is 12.2 Å². The van der Waals surface area contributed by atoms with Crippen LogP contribution in [0.5, 0.6) is 0 Å². The highest BCUT2D eigenvalue weighted by Gasteiger charge is 2.13. The number of nitrogens with zero attached hydrogens (tertiary/aromatic N) is 2. The van der Waals surface area contributed by atoms with E-state index in [1.807, 2.05) is 13.8 Å². The summed E-state index contributed by atoms with van der Waals surface area (Å²) in [6.07, 6.45) is 2.62. The number of allylic oxidation sites excluding steroid dienone is 1. The lowest BCUT2D eigenvalue weighted by molar-refractivity contribution is 0.00798. The van der Waals surface area contributed by atoms with Crippen LogP contribution in [-0.2, 0) is 0 Å². The number of hydrazine groups is 1. The molecule has 0 radical (unpaired) electrons. The second-order valence-electron chi connectivity index (χ2n) is 2.95. The van der Waals surface area contributed by atoms with Gasteiger partial charge in [0.05, 0.1) is 0 Å². The van der Waals surface area contributed by atoms with Crippen molar-refractivity contribution in [1.29, 1.82) is 0 Å². The van der Waals surface area contributed by atoms with E-state index in [-0.39, 0.29) is 0 Å².